The first-order valence-electron chi connectivity index (χ1n) is 9.23. The van der Waals surface area contributed by atoms with Crippen LogP contribution in [-0.4, -0.2) is 15.0 Å². The standard InChI is InChI=1S/C24H19N3O/c1-26-14-13-18-15-19(11-12-21(18)26)25-24(28)23-16-17-7-5-6-10-22(17)27(23)20-8-3-2-4-9-20/h2-16H,1H3,(H,25,28). The third kappa shape index (κ3) is 2.67. The molecule has 4 heteroatoms. The van der Waals surface area contributed by atoms with Gasteiger partial charge in [-0.3, -0.25) is 4.79 Å². The number of rotatable bonds is 3. The number of hydrogen-bond acceptors (Lipinski definition) is 1. The minimum atomic E-state index is -0.129. The number of carbonyl (C=O) groups excluding carboxylic acids is 1. The molecule has 0 aliphatic rings. The third-order valence-corrected chi connectivity index (χ3v) is 5.10. The Balaban J connectivity index is 1.58. The lowest BCUT2D eigenvalue weighted by atomic mass is 10.2. The molecule has 0 unspecified atom stereocenters. The van der Waals surface area contributed by atoms with Crippen molar-refractivity contribution in [2.75, 3.05) is 5.32 Å². The maximum Gasteiger partial charge on any atom is 0.272 e. The Morgan fingerprint density at radius 3 is 2.39 bits per heavy atom. The molecule has 0 fully saturated rings. The Morgan fingerprint density at radius 1 is 0.786 bits per heavy atom. The van der Waals surface area contributed by atoms with Crippen molar-refractivity contribution < 1.29 is 4.79 Å². The average molecular weight is 365 g/mol. The van der Waals surface area contributed by atoms with Gasteiger partial charge in [-0.2, -0.15) is 0 Å². The highest BCUT2D eigenvalue weighted by molar-refractivity contribution is 6.07. The van der Waals surface area contributed by atoms with E-state index in [4.69, 9.17) is 0 Å². The van der Waals surface area contributed by atoms with E-state index in [2.05, 4.69) is 9.88 Å². The van der Waals surface area contributed by atoms with Crippen molar-refractivity contribution in [3.05, 3.63) is 96.8 Å². The molecule has 3 aromatic carbocycles. The number of aromatic nitrogens is 2. The molecular weight excluding hydrogens is 346 g/mol. The fourth-order valence-electron chi connectivity index (χ4n) is 3.73. The number of benzene rings is 3. The molecule has 0 saturated carbocycles. The summed E-state index contributed by atoms with van der Waals surface area (Å²) in [7, 11) is 2.01. The summed E-state index contributed by atoms with van der Waals surface area (Å²) < 4.78 is 4.07. The Bertz CT molecular complexity index is 1310. The minimum Gasteiger partial charge on any atom is -0.351 e. The maximum absolute atomic E-state index is 13.2. The summed E-state index contributed by atoms with van der Waals surface area (Å²) in [4.78, 5) is 13.2. The molecule has 1 N–H and O–H groups in total. The number of nitrogens with one attached hydrogen (secondary N) is 1. The van der Waals surface area contributed by atoms with Crippen molar-refractivity contribution in [3.63, 3.8) is 0 Å². The van der Waals surface area contributed by atoms with Crippen molar-refractivity contribution in [1.82, 2.24) is 9.13 Å². The number of anilines is 1. The van der Waals surface area contributed by atoms with Gasteiger partial charge in [-0.25, -0.2) is 0 Å². The Morgan fingerprint density at radius 2 is 1.54 bits per heavy atom. The molecular formula is C24H19N3O. The largest absolute Gasteiger partial charge is 0.351 e. The first-order valence-corrected chi connectivity index (χ1v) is 9.23. The van der Waals surface area contributed by atoms with E-state index >= 15 is 0 Å². The van der Waals surface area contributed by atoms with E-state index in [-0.39, 0.29) is 5.91 Å². The topological polar surface area (TPSA) is 39.0 Å². The number of nitrogens with zero attached hydrogens (tertiary/aromatic N) is 2. The average Bonchev–Trinajstić information content (AvgIpc) is 3.29. The predicted molar refractivity (Wildman–Crippen MR) is 114 cm³/mol. The smallest absolute Gasteiger partial charge is 0.272 e. The zero-order valence-corrected chi connectivity index (χ0v) is 15.5. The van der Waals surface area contributed by atoms with E-state index in [9.17, 15) is 4.79 Å². The van der Waals surface area contributed by atoms with Gasteiger partial charge in [0.25, 0.3) is 5.91 Å². The maximum atomic E-state index is 13.2. The zero-order valence-electron chi connectivity index (χ0n) is 15.5. The number of amides is 1. The molecule has 0 bridgehead atoms. The number of carbonyl (C=O) groups is 1. The highest BCUT2D eigenvalue weighted by Gasteiger charge is 2.17. The second-order valence-electron chi connectivity index (χ2n) is 6.91. The van der Waals surface area contributed by atoms with Crippen LogP contribution in [0.4, 0.5) is 5.69 Å². The quantitative estimate of drug-likeness (QED) is 0.458. The third-order valence-electron chi connectivity index (χ3n) is 5.10. The fourth-order valence-corrected chi connectivity index (χ4v) is 3.73. The number of para-hydroxylation sites is 2. The van der Waals surface area contributed by atoms with Gasteiger partial charge in [0.15, 0.2) is 0 Å². The molecule has 0 radical (unpaired) electrons. The highest BCUT2D eigenvalue weighted by atomic mass is 16.1. The summed E-state index contributed by atoms with van der Waals surface area (Å²) in [5.74, 6) is -0.129. The molecule has 2 aromatic heterocycles. The number of hydrogen-bond donors (Lipinski definition) is 1. The van der Waals surface area contributed by atoms with Crippen LogP contribution in [0.25, 0.3) is 27.5 Å². The molecule has 28 heavy (non-hydrogen) atoms. The lowest BCUT2D eigenvalue weighted by molar-refractivity contribution is 0.102. The van der Waals surface area contributed by atoms with Crippen LogP contribution >= 0.6 is 0 Å². The van der Waals surface area contributed by atoms with Gasteiger partial charge in [-0.05, 0) is 48.5 Å². The molecule has 136 valence electrons. The van der Waals surface area contributed by atoms with Crippen molar-refractivity contribution in [2.24, 2.45) is 7.05 Å². The molecule has 5 rings (SSSR count). The summed E-state index contributed by atoms with van der Waals surface area (Å²) in [6.45, 7) is 0. The van der Waals surface area contributed by atoms with Crippen LogP contribution in [-0.2, 0) is 7.05 Å². The summed E-state index contributed by atoms with van der Waals surface area (Å²) >= 11 is 0. The fraction of sp³-hybridized carbons (Fsp3) is 0.0417. The van der Waals surface area contributed by atoms with Crippen LogP contribution in [0.1, 0.15) is 10.5 Å². The van der Waals surface area contributed by atoms with Crippen LogP contribution in [0, 0.1) is 0 Å². The van der Waals surface area contributed by atoms with Crippen molar-refractivity contribution in [1.29, 1.82) is 0 Å². The highest BCUT2D eigenvalue weighted by Crippen LogP contribution is 2.26. The van der Waals surface area contributed by atoms with E-state index in [1.807, 2.05) is 103 Å². The molecule has 1 amide bonds. The molecule has 0 aliphatic carbocycles. The van der Waals surface area contributed by atoms with Crippen molar-refractivity contribution in [2.45, 2.75) is 0 Å². The molecule has 0 atom stereocenters. The lowest BCUT2D eigenvalue weighted by Crippen LogP contribution is -2.16. The normalized spacial score (nSPS) is 11.2. The molecule has 2 heterocycles. The van der Waals surface area contributed by atoms with Gasteiger partial charge in [0.1, 0.15) is 5.69 Å². The van der Waals surface area contributed by atoms with Gasteiger partial charge in [0.2, 0.25) is 0 Å². The second-order valence-corrected chi connectivity index (χ2v) is 6.91. The SMILES string of the molecule is Cn1ccc2cc(NC(=O)c3cc4ccccc4n3-c3ccccc3)ccc21. The monoisotopic (exact) mass is 365 g/mol. The molecule has 0 spiro atoms. The van der Waals surface area contributed by atoms with Crippen LogP contribution in [0.3, 0.4) is 0 Å². The Kier molecular flexibility index (Phi) is 3.76. The first kappa shape index (κ1) is 16.4. The van der Waals surface area contributed by atoms with E-state index in [0.717, 1.165) is 33.2 Å². The predicted octanol–water partition coefficient (Wildman–Crippen LogP) is 5.37. The number of aryl methyl sites for hydroxylation is 1. The summed E-state index contributed by atoms with van der Waals surface area (Å²) in [6, 6.07) is 28.0. The second kappa shape index (κ2) is 6.43. The molecule has 0 saturated heterocycles. The molecule has 4 nitrogen and oxygen atoms in total. The summed E-state index contributed by atoms with van der Waals surface area (Å²) in [5.41, 5.74) is 4.51. The Hall–Kier alpha value is -3.79. The van der Waals surface area contributed by atoms with Crippen molar-refractivity contribution in [3.8, 4) is 5.69 Å². The van der Waals surface area contributed by atoms with Crippen LogP contribution in [0.5, 0.6) is 0 Å². The number of fused-ring (bicyclic) bond motifs is 2. The van der Waals surface area contributed by atoms with Gasteiger partial charge >= 0.3 is 0 Å². The van der Waals surface area contributed by atoms with Gasteiger partial charge in [0.05, 0.1) is 5.52 Å². The summed E-state index contributed by atoms with van der Waals surface area (Å²) in [6.07, 6.45) is 2.02. The van der Waals surface area contributed by atoms with Crippen LogP contribution in [0.15, 0.2) is 91.1 Å². The van der Waals surface area contributed by atoms with Crippen molar-refractivity contribution >= 4 is 33.4 Å². The van der Waals surface area contributed by atoms with E-state index in [1.165, 1.54) is 0 Å². The van der Waals surface area contributed by atoms with E-state index in [1.54, 1.807) is 0 Å². The molecule has 5 aromatic rings. The van der Waals surface area contributed by atoms with E-state index in [0.29, 0.717) is 5.69 Å². The summed E-state index contributed by atoms with van der Waals surface area (Å²) in [5, 5.41) is 5.20. The first-order chi connectivity index (χ1) is 13.7. The minimum absolute atomic E-state index is 0.129. The van der Waals surface area contributed by atoms with E-state index < -0.39 is 0 Å². The Labute approximate surface area is 162 Å². The lowest BCUT2D eigenvalue weighted by Gasteiger charge is -2.11. The van der Waals surface area contributed by atoms with Crippen LogP contribution < -0.4 is 5.32 Å². The molecule has 0 aliphatic heterocycles. The van der Waals surface area contributed by atoms with Gasteiger partial charge in [-0.1, -0.05) is 36.4 Å². The van der Waals surface area contributed by atoms with Gasteiger partial charge < -0.3 is 14.5 Å². The van der Waals surface area contributed by atoms with Crippen LogP contribution in [0.2, 0.25) is 0 Å². The van der Waals surface area contributed by atoms with Gasteiger partial charge in [0, 0.05) is 40.9 Å². The van der Waals surface area contributed by atoms with Gasteiger partial charge in [-0.15, -0.1) is 0 Å². The zero-order chi connectivity index (χ0) is 19.1.